The number of carboxylic acids is 1. The van der Waals surface area contributed by atoms with Gasteiger partial charge in [0.2, 0.25) is 15.8 Å². The van der Waals surface area contributed by atoms with Crippen molar-refractivity contribution in [2.45, 2.75) is 37.6 Å². The number of rotatable bonds is 6. The van der Waals surface area contributed by atoms with Gasteiger partial charge in [0.25, 0.3) is 12.2 Å². The quantitative estimate of drug-likeness (QED) is 0.348. The van der Waals surface area contributed by atoms with Crippen molar-refractivity contribution in [1.29, 1.82) is 0 Å². The number of aliphatic hydroxyl groups excluding tert-OH is 1. The summed E-state index contributed by atoms with van der Waals surface area (Å²) in [7, 11) is 3.41. The molecule has 0 radical (unpaired) electrons. The van der Waals surface area contributed by atoms with Crippen LogP contribution in [0.1, 0.15) is 18.7 Å². The van der Waals surface area contributed by atoms with Crippen LogP contribution in [0.15, 0.2) is 23.2 Å². The van der Waals surface area contributed by atoms with E-state index in [0.717, 1.165) is 14.7 Å². The Morgan fingerprint density at radius 3 is 2.65 bits per heavy atom. The van der Waals surface area contributed by atoms with Gasteiger partial charge < -0.3 is 24.8 Å². The van der Waals surface area contributed by atoms with Crippen LogP contribution in [0, 0.1) is 11.8 Å². The standard InChI is InChI=1S/C20H24N4O5S2/c1-9-13(16(20(28)29)24-15(9)14(10(2)25)17(24)27)11-6-22-8-23(7-12(26)21(3)4)18(30-5)19(22)31-11/h6,8-10,14-15,25H,7H2,1-5H3/t9-,10+,14+,15+/m0/s1. The monoisotopic (exact) mass is 464 g/mol. The van der Waals surface area contributed by atoms with Crippen molar-refractivity contribution in [1.82, 2.24) is 14.2 Å². The molecule has 9 nitrogen and oxygen atoms in total. The topological polar surface area (TPSA) is 109 Å². The van der Waals surface area contributed by atoms with Gasteiger partial charge in [0, 0.05) is 25.6 Å². The zero-order valence-corrected chi connectivity index (χ0v) is 19.5. The molecule has 166 valence electrons. The Labute approximate surface area is 187 Å². The van der Waals surface area contributed by atoms with Gasteiger partial charge in [0.1, 0.15) is 6.20 Å². The third-order valence-corrected chi connectivity index (χ3v) is 8.12. The summed E-state index contributed by atoms with van der Waals surface area (Å²) in [5.41, 5.74) is 0.448. The molecule has 2 amide bonds. The highest BCUT2D eigenvalue weighted by molar-refractivity contribution is 7.98. The lowest BCUT2D eigenvalue weighted by molar-refractivity contribution is -0.718. The van der Waals surface area contributed by atoms with Crippen molar-refractivity contribution in [2.75, 3.05) is 20.4 Å². The zero-order valence-electron chi connectivity index (χ0n) is 17.9. The lowest BCUT2D eigenvalue weighted by atomic mass is 9.77. The van der Waals surface area contributed by atoms with Gasteiger partial charge in [-0.2, -0.15) is 4.40 Å². The van der Waals surface area contributed by atoms with E-state index in [9.17, 15) is 24.6 Å². The number of likely N-dealkylation sites (N-methyl/N-ethyl adjacent to an activating group) is 1. The van der Waals surface area contributed by atoms with E-state index in [1.165, 1.54) is 32.9 Å². The summed E-state index contributed by atoms with van der Waals surface area (Å²) in [4.78, 5) is 41.1. The molecule has 0 aromatic carbocycles. The number of hydrogen-bond acceptors (Lipinski definition) is 7. The smallest absolute Gasteiger partial charge is 0.264 e. The minimum absolute atomic E-state index is 0.0304. The number of amides is 2. The second-order valence-electron chi connectivity index (χ2n) is 8.15. The summed E-state index contributed by atoms with van der Waals surface area (Å²) in [6, 6.07) is -0.389. The van der Waals surface area contributed by atoms with Crippen LogP contribution in [0.2, 0.25) is 0 Å². The fourth-order valence-electron chi connectivity index (χ4n) is 4.55. The van der Waals surface area contributed by atoms with Gasteiger partial charge in [0.05, 0.1) is 34.6 Å². The van der Waals surface area contributed by atoms with Crippen molar-refractivity contribution in [3.63, 3.8) is 0 Å². The minimum Gasteiger partial charge on any atom is -0.543 e. The summed E-state index contributed by atoms with van der Waals surface area (Å²) in [6.07, 6.45) is 4.72. The van der Waals surface area contributed by atoms with Crippen LogP contribution in [0.25, 0.3) is 10.4 Å². The van der Waals surface area contributed by atoms with Crippen molar-refractivity contribution in [3.8, 4) is 0 Å². The summed E-state index contributed by atoms with van der Waals surface area (Å²) < 4.78 is 3.75. The van der Waals surface area contributed by atoms with Crippen LogP contribution in [0.5, 0.6) is 0 Å². The molecule has 1 saturated heterocycles. The molecule has 0 bridgehead atoms. The minimum atomic E-state index is -1.39. The number of aliphatic hydroxyl groups is 1. The van der Waals surface area contributed by atoms with Crippen LogP contribution < -0.4 is 9.67 Å². The molecule has 1 fully saturated rings. The fourth-order valence-corrected chi connectivity index (χ4v) is 6.72. The van der Waals surface area contributed by atoms with E-state index in [0.29, 0.717) is 5.57 Å². The summed E-state index contributed by atoms with van der Waals surface area (Å²) in [5.74, 6) is -2.68. The van der Waals surface area contributed by atoms with E-state index in [-0.39, 0.29) is 36.0 Å². The highest BCUT2D eigenvalue weighted by Gasteiger charge is 2.59. The van der Waals surface area contributed by atoms with Gasteiger partial charge in [-0.3, -0.25) is 9.59 Å². The first-order valence-corrected chi connectivity index (χ1v) is 11.9. The molecule has 0 aliphatic carbocycles. The molecule has 0 saturated carbocycles. The van der Waals surface area contributed by atoms with E-state index in [1.54, 1.807) is 21.0 Å². The number of β-lactam (4-membered cyclic amide) rings is 1. The van der Waals surface area contributed by atoms with Gasteiger partial charge in [0.15, 0.2) is 6.54 Å². The Balaban J connectivity index is 1.78. The van der Waals surface area contributed by atoms with Gasteiger partial charge in [-0.25, -0.2) is 4.57 Å². The summed E-state index contributed by atoms with van der Waals surface area (Å²) in [5, 5.41) is 22.9. The third-order valence-electron chi connectivity index (χ3n) is 6.03. The maximum absolute atomic E-state index is 12.5. The molecule has 0 spiro atoms. The predicted molar refractivity (Wildman–Crippen MR) is 113 cm³/mol. The highest BCUT2D eigenvalue weighted by Crippen LogP contribution is 2.51. The summed E-state index contributed by atoms with van der Waals surface area (Å²) in [6.45, 7) is 3.64. The number of fused-ring (bicyclic) bond motifs is 2. The molecule has 2 aliphatic heterocycles. The fraction of sp³-hybridized carbons (Fsp3) is 0.500. The average Bonchev–Trinajstić information content (AvgIpc) is 3.28. The maximum Gasteiger partial charge on any atom is 0.264 e. The van der Waals surface area contributed by atoms with E-state index in [2.05, 4.69) is 0 Å². The first kappa shape index (κ1) is 21.8. The lowest BCUT2D eigenvalue weighted by Gasteiger charge is -2.47. The molecule has 2 aromatic rings. The number of aliphatic carboxylic acids is 1. The van der Waals surface area contributed by atoms with E-state index in [1.807, 2.05) is 34.7 Å². The number of carboxylic acid groups (broad SMARTS) is 1. The Bertz CT molecular complexity index is 1130. The Hall–Kier alpha value is -2.37. The van der Waals surface area contributed by atoms with Gasteiger partial charge in [-0.05, 0) is 13.2 Å². The summed E-state index contributed by atoms with van der Waals surface area (Å²) >= 11 is 2.92. The molecule has 4 heterocycles. The van der Waals surface area contributed by atoms with Crippen LogP contribution in [0.3, 0.4) is 0 Å². The molecule has 4 rings (SSSR count). The number of carbonyl (C=O) groups is 3. The Morgan fingerprint density at radius 2 is 2.10 bits per heavy atom. The SMILES string of the molecule is CSc1c2sc(C3=C(C(=O)[O-])N4C(=O)[C@H]([C@@H](C)O)[C@H]4[C@H]3C)cn2c[n+]1CC(=O)N(C)C. The predicted octanol–water partition coefficient (Wildman–Crippen LogP) is -0.583. The molecule has 31 heavy (non-hydrogen) atoms. The number of hydrogen-bond donors (Lipinski definition) is 1. The highest BCUT2D eigenvalue weighted by atomic mass is 32.2. The second kappa shape index (κ2) is 7.64. The third kappa shape index (κ3) is 3.17. The number of nitrogens with zero attached hydrogens (tertiary/aromatic N) is 4. The number of imidazole rings is 1. The molecular formula is C20H24N4O5S2. The van der Waals surface area contributed by atoms with Crippen LogP contribution in [0.4, 0.5) is 0 Å². The first-order valence-electron chi connectivity index (χ1n) is 9.83. The molecule has 11 heteroatoms. The normalized spacial score (nSPS) is 23.9. The molecule has 2 aromatic heterocycles. The van der Waals surface area contributed by atoms with Crippen molar-refractivity contribution in [2.24, 2.45) is 11.8 Å². The Morgan fingerprint density at radius 1 is 1.42 bits per heavy atom. The molecular weight excluding hydrogens is 440 g/mol. The average molecular weight is 465 g/mol. The first-order chi connectivity index (χ1) is 14.6. The van der Waals surface area contributed by atoms with Crippen LogP contribution in [-0.2, 0) is 20.9 Å². The molecule has 0 unspecified atom stereocenters. The zero-order chi connectivity index (χ0) is 22.8. The second-order valence-corrected chi connectivity index (χ2v) is 9.98. The molecule has 4 atom stereocenters. The lowest BCUT2D eigenvalue weighted by Crippen LogP contribution is -2.64. The van der Waals surface area contributed by atoms with Gasteiger partial charge >= 0.3 is 0 Å². The number of carbonyl (C=O) groups excluding carboxylic acids is 3. The van der Waals surface area contributed by atoms with Crippen molar-refractivity contribution >= 4 is 51.3 Å². The number of thiazole rings is 1. The number of aromatic nitrogens is 2. The van der Waals surface area contributed by atoms with E-state index >= 15 is 0 Å². The van der Waals surface area contributed by atoms with Gasteiger partial charge in [-0.15, -0.1) is 0 Å². The number of thioether (sulfide) groups is 1. The largest absolute Gasteiger partial charge is 0.543 e. The molecule has 1 N–H and O–H groups in total. The van der Waals surface area contributed by atoms with E-state index < -0.39 is 18.0 Å². The molecule has 2 aliphatic rings. The Kier molecular flexibility index (Phi) is 5.39. The maximum atomic E-state index is 12.5. The van der Waals surface area contributed by atoms with Gasteiger partial charge in [-0.1, -0.05) is 30.0 Å². The van der Waals surface area contributed by atoms with Crippen LogP contribution in [-0.4, -0.2) is 69.6 Å². The van der Waals surface area contributed by atoms with E-state index in [4.69, 9.17) is 0 Å². The van der Waals surface area contributed by atoms with Crippen molar-refractivity contribution in [3.05, 3.63) is 23.1 Å². The van der Waals surface area contributed by atoms with Crippen LogP contribution >= 0.6 is 23.1 Å². The van der Waals surface area contributed by atoms with Crippen molar-refractivity contribution < 1.29 is 29.2 Å².